The Kier molecular flexibility index (Phi) is 7.01. The van der Waals surface area contributed by atoms with Crippen molar-refractivity contribution < 1.29 is 14.0 Å². The van der Waals surface area contributed by atoms with Crippen LogP contribution in [0.15, 0.2) is 77.8 Å². The number of hydrogen-bond donors (Lipinski definition) is 2. The molecule has 0 saturated carbocycles. The standard InChI is InChI=1S/C29H30FN5O2/c1-34-16-14-22(15-17-34)32-29(37)35(2)23-11-9-21(10-12-23)31-27(19-6-4-3-5-7-19)26-24-13-8-20(30)18-25(24)33-28(26)36/h3-13,18,22,26H,14-17H2,1-2H3,(H,32,37)(H,33,36). The molecule has 0 aliphatic carbocycles. The second kappa shape index (κ2) is 10.5. The largest absolute Gasteiger partial charge is 0.335 e. The van der Waals surface area contributed by atoms with E-state index in [0.29, 0.717) is 22.6 Å². The Morgan fingerprint density at radius 2 is 1.76 bits per heavy atom. The van der Waals surface area contributed by atoms with Crippen molar-refractivity contribution in [1.29, 1.82) is 0 Å². The minimum absolute atomic E-state index is 0.137. The third-order valence-electron chi connectivity index (χ3n) is 7.03. The molecule has 5 rings (SSSR count). The predicted octanol–water partition coefficient (Wildman–Crippen LogP) is 4.92. The number of fused-ring (bicyclic) bond motifs is 1. The lowest BCUT2D eigenvalue weighted by atomic mass is 9.90. The predicted molar refractivity (Wildman–Crippen MR) is 144 cm³/mol. The third-order valence-corrected chi connectivity index (χ3v) is 7.03. The number of amides is 3. The van der Waals surface area contributed by atoms with E-state index in [1.54, 1.807) is 18.0 Å². The van der Waals surface area contributed by atoms with Crippen LogP contribution in [-0.4, -0.2) is 55.8 Å². The highest BCUT2D eigenvalue weighted by Crippen LogP contribution is 2.36. The van der Waals surface area contributed by atoms with Gasteiger partial charge in [0, 0.05) is 24.5 Å². The van der Waals surface area contributed by atoms with Crippen molar-refractivity contribution in [3.63, 3.8) is 0 Å². The molecule has 1 unspecified atom stereocenters. The van der Waals surface area contributed by atoms with Crippen molar-refractivity contribution >= 4 is 34.7 Å². The molecule has 8 heteroatoms. The number of benzene rings is 3. The fraction of sp³-hybridized carbons (Fsp3) is 0.276. The van der Waals surface area contributed by atoms with Crippen LogP contribution in [0.25, 0.3) is 0 Å². The quantitative estimate of drug-likeness (QED) is 0.489. The van der Waals surface area contributed by atoms with Crippen LogP contribution in [0.4, 0.5) is 26.2 Å². The molecule has 2 aliphatic rings. The Labute approximate surface area is 216 Å². The molecule has 1 fully saturated rings. The number of carbonyl (C=O) groups excluding carboxylic acids is 2. The molecule has 2 aliphatic heterocycles. The molecule has 37 heavy (non-hydrogen) atoms. The summed E-state index contributed by atoms with van der Waals surface area (Å²) in [6, 6.07) is 21.2. The molecule has 0 aromatic heterocycles. The van der Waals surface area contributed by atoms with Gasteiger partial charge >= 0.3 is 6.03 Å². The van der Waals surface area contributed by atoms with E-state index in [2.05, 4.69) is 22.6 Å². The maximum absolute atomic E-state index is 13.8. The number of aliphatic imine (C=N–C) groups is 1. The number of urea groups is 1. The van der Waals surface area contributed by atoms with Crippen LogP contribution in [0, 0.1) is 5.82 Å². The molecule has 2 N–H and O–H groups in total. The number of piperidine rings is 1. The summed E-state index contributed by atoms with van der Waals surface area (Å²) in [5.41, 5.74) is 3.92. The van der Waals surface area contributed by atoms with Crippen molar-refractivity contribution in [3.8, 4) is 0 Å². The van der Waals surface area contributed by atoms with Crippen LogP contribution in [0.3, 0.4) is 0 Å². The van der Waals surface area contributed by atoms with Gasteiger partial charge in [0.2, 0.25) is 5.91 Å². The van der Waals surface area contributed by atoms with Gasteiger partial charge in [0.1, 0.15) is 11.7 Å². The number of halogens is 1. The first-order valence-electron chi connectivity index (χ1n) is 12.5. The fourth-order valence-electron chi connectivity index (χ4n) is 4.84. The Morgan fingerprint density at radius 3 is 2.46 bits per heavy atom. The number of nitrogens with zero attached hydrogens (tertiary/aromatic N) is 3. The van der Waals surface area contributed by atoms with Crippen molar-refractivity contribution in [2.24, 2.45) is 4.99 Å². The molecule has 2 heterocycles. The number of nitrogens with one attached hydrogen (secondary N) is 2. The molecule has 3 aromatic rings. The summed E-state index contributed by atoms with van der Waals surface area (Å²) in [6.45, 7) is 1.95. The lowest BCUT2D eigenvalue weighted by molar-refractivity contribution is -0.115. The zero-order valence-corrected chi connectivity index (χ0v) is 20.9. The second-order valence-corrected chi connectivity index (χ2v) is 9.62. The van der Waals surface area contributed by atoms with E-state index in [1.165, 1.54) is 12.1 Å². The van der Waals surface area contributed by atoms with Crippen LogP contribution in [0.5, 0.6) is 0 Å². The molecule has 0 bridgehead atoms. The minimum Gasteiger partial charge on any atom is -0.335 e. The summed E-state index contributed by atoms with van der Waals surface area (Å²) < 4.78 is 13.8. The Bertz CT molecular complexity index is 1320. The highest BCUT2D eigenvalue weighted by molar-refractivity contribution is 6.24. The number of likely N-dealkylation sites (tertiary alicyclic amines) is 1. The van der Waals surface area contributed by atoms with E-state index in [4.69, 9.17) is 4.99 Å². The Balaban J connectivity index is 1.39. The van der Waals surface area contributed by atoms with Crippen molar-refractivity contribution in [1.82, 2.24) is 10.2 Å². The van der Waals surface area contributed by atoms with Crippen LogP contribution >= 0.6 is 0 Å². The van der Waals surface area contributed by atoms with Crippen LogP contribution in [0.2, 0.25) is 0 Å². The molecule has 1 atom stereocenters. The Morgan fingerprint density at radius 1 is 1.05 bits per heavy atom. The van der Waals surface area contributed by atoms with Gasteiger partial charge in [0.05, 0.1) is 11.4 Å². The molecule has 0 spiro atoms. The molecular formula is C29H30FN5O2. The van der Waals surface area contributed by atoms with E-state index >= 15 is 0 Å². The van der Waals surface area contributed by atoms with Gasteiger partial charge in [-0.3, -0.25) is 14.7 Å². The number of carbonyl (C=O) groups is 2. The van der Waals surface area contributed by atoms with Gasteiger partial charge in [-0.2, -0.15) is 0 Å². The molecule has 1 saturated heterocycles. The molecule has 3 aromatic carbocycles. The van der Waals surface area contributed by atoms with Crippen LogP contribution in [-0.2, 0) is 4.79 Å². The van der Waals surface area contributed by atoms with Crippen molar-refractivity contribution in [2.45, 2.75) is 24.8 Å². The highest BCUT2D eigenvalue weighted by atomic mass is 19.1. The summed E-state index contributed by atoms with van der Waals surface area (Å²) in [5.74, 6) is -1.32. The monoisotopic (exact) mass is 499 g/mol. The van der Waals surface area contributed by atoms with E-state index in [0.717, 1.165) is 37.2 Å². The molecular weight excluding hydrogens is 469 g/mol. The van der Waals surface area contributed by atoms with Gasteiger partial charge in [-0.05, 0) is 80.5 Å². The molecule has 0 radical (unpaired) electrons. The normalized spacial score (nSPS) is 18.3. The Hall–Kier alpha value is -4.04. The molecule has 190 valence electrons. The van der Waals surface area contributed by atoms with Gasteiger partial charge in [-0.15, -0.1) is 0 Å². The van der Waals surface area contributed by atoms with E-state index in [1.807, 2.05) is 54.6 Å². The number of hydrogen-bond acceptors (Lipinski definition) is 4. The zero-order chi connectivity index (χ0) is 25.9. The van der Waals surface area contributed by atoms with E-state index in [-0.39, 0.29) is 18.0 Å². The van der Waals surface area contributed by atoms with E-state index in [9.17, 15) is 14.0 Å². The summed E-state index contributed by atoms with van der Waals surface area (Å²) >= 11 is 0. The average Bonchev–Trinajstić information content (AvgIpc) is 3.23. The maximum Gasteiger partial charge on any atom is 0.321 e. The van der Waals surface area contributed by atoms with Gasteiger partial charge in [0.15, 0.2) is 0 Å². The second-order valence-electron chi connectivity index (χ2n) is 9.62. The van der Waals surface area contributed by atoms with Crippen molar-refractivity contribution in [2.75, 3.05) is 37.4 Å². The van der Waals surface area contributed by atoms with E-state index < -0.39 is 11.7 Å². The lowest BCUT2D eigenvalue weighted by Gasteiger charge is -2.30. The summed E-state index contributed by atoms with van der Waals surface area (Å²) in [6.07, 6.45) is 1.88. The smallest absolute Gasteiger partial charge is 0.321 e. The lowest BCUT2D eigenvalue weighted by Crippen LogP contribution is -2.47. The first kappa shape index (κ1) is 24.6. The number of anilines is 2. The minimum atomic E-state index is -0.666. The molecule has 3 amide bonds. The van der Waals surface area contributed by atoms with Gasteiger partial charge in [-0.1, -0.05) is 36.4 Å². The van der Waals surface area contributed by atoms with Crippen molar-refractivity contribution in [3.05, 3.63) is 89.7 Å². The van der Waals surface area contributed by atoms with Gasteiger partial charge < -0.3 is 15.5 Å². The topological polar surface area (TPSA) is 77.0 Å². The summed E-state index contributed by atoms with van der Waals surface area (Å²) in [7, 11) is 3.84. The third kappa shape index (κ3) is 5.39. The first-order valence-corrected chi connectivity index (χ1v) is 12.5. The van der Waals surface area contributed by atoms with Gasteiger partial charge in [-0.25, -0.2) is 9.18 Å². The summed E-state index contributed by atoms with van der Waals surface area (Å²) in [5, 5.41) is 5.91. The average molecular weight is 500 g/mol. The molecule has 7 nitrogen and oxygen atoms in total. The fourth-order valence-corrected chi connectivity index (χ4v) is 4.84. The maximum atomic E-state index is 13.8. The van der Waals surface area contributed by atoms with Crippen LogP contribution < -0.4 is 15.5 Å². The first-order chi connectivity index (χ1) is 17.9. The highest BCUT2D eigenvalue weighted by Gasteiger charge is 2.35. The zero-order valence-electron chi connectivity index (χ0n) is 20.9. The summed E-state index contributed by atoms with van der Waals surface area (Å²) in [4.78, 5) is 34.5. The SMILES string of the molecule is CN1CCC(NC(=O)N(C)c2ccc(N=C(c3ccccc3)C3C(=O)Nc4cc(F)ccc43)cc2)CC1. The van der Waals surface area contributed by atoms with Crippen LogP contribution in [0.1, 0.15) is 29.9 Å². The number of rotatable bonds is 5. The van der Waals surface area contributed by atoms with Gasteiger partial charge in [0.25, 0.3) is 0 Å².